The number of carbonyl (C=O) groups is 2. The highest BCUT2D eigenvalue weighted by Crippen LogP contribution is 2.21. The van der Waals surface area contributed by atoms with Crippen LogP contribution in [0.1, 0.15) is 35.7 Å². The third kappa shape index (κ3) is 5.20. The summed E-state index contributed by atoms with van der Waals surface area (Å²) in [4.78, 5) is 33.2. The number of hydroxylamine groups is 2. The first-order valence-electron chi connectivity index (χ1n) is 9.40. The molecule has 2 aromatic rings. The number of carbonyl (C=O) groups excluding carboxylic acids is 2. The largest absolute Gasteiger partial charge is 0.527 e. The van der Waals surface area contributed by atoms with Gasteiger partial charge < -0.3 is 20.6 Å². The van der Waals surface area contributed by atoms with Gasteiger partial charge in [-0.15, -0.1) is 5.06 Å². The van der Waals surface area contributed by atoms with Crippen molar-refractivity contribution in [2.45, 2.75) is 25.8 Å². The summed E-state index contributed by atoms with van der Waals surface area (Å²) in [5, 5.41) is 4.83. The van der Waals surface area contributed by atoms with Gasteiger partial charge in [-0.3, -0.25) is 4.79 Å². The Labute approximate surface area is 167 Å². The number of hydrogen-bond acceptors (Lipinski definition) is 8. The van der Waals surface area contributed by atoms with Gasteiger partial charge in [0.05, 0.1) is 17.7 Å². The van der Waals surface area contributed by atoms with Crippen molar-refractivity contribution in [2.75, 3.05) is 30.7 Å². The number of nitrogen functional groups attached to an aromatic ring is 1. The molecule has 0 radical (unpaired) electrons. The molecule has 0 spiro atoms. The van der Waals surface area contributed by atoms with E-state index in [0.717, 1.165) is 12.8 Å². The predicted octanol–water partition coefficient (Wildman–Crippen LogP) is 3.00. The number of hydrogen-bond donors (Lipinski definition) is 2. The molecule has 8 nitrogen and oxygen atoms in total. The van der Waals surface area contributed by atoms with Gasteiger partial charge in [0.15, 0.2) is 5.78 Å². The highest BCUT2D eigenvalue weighted by atomic mass is 19.1. The molecular weight excluding hydrogens is 379 g/mol. The standard InChI is InChI=1S/C20H23FN4O4/c1-2-28-20(27)29-25-11-9-13(10-12-25)23-17-8-7-15(19(22)24-17)18(26)14-5-3-4-6-16(14)21/h3-8,13H,2,9-12H2,1H3,(H3,22,23,24). The summed E-state index contributed by atoms with van der Waals surface area (Å²) in [7, 11) is 0. The Bertz CT molecular complexity index is 885. The van der Waals surface area contributed by atoms with Crippen LogP contribution in [0, 0.1) is 5.82 Å². The minimum absolute atomic E-state index is 0.0336. The molecule has 3 rings (SSSR count). The predicted molar refractivity (Wildman–Crippen MR) is 105 cm³/mol. The number of pyridine rings is 1. The van der Waals surface area contributed by atoms with Gasteiger partial charge in [-0.1, -0.05) is 12.1 Å². The number of benzene rings is 1. The second-order valence-corrected chi connectivity index (χ2v) is 6.56. The van der Waals surface area contributed by atoms with Crippen LogP contribution < -0.4 is 11.1 Å². The maximum Gasteiger partial charge on any atom is 0.527 e. The van der Waals surface area contributed by atoms with Crippen LogP contribution in [0.25, 0.3) is 0 Å². The lowest BCUT2D eigenvalue weighted by molar-refractivity contribution is -0.137. The van der Waals surface area contributed by atoms with E-state index in [9.17, 15) is 14.0 Å². The second kappa shape index (κ2) is 9.33. The van der Waals surface area contributed by atoms with Gasteiger partial charge in [0, 0.05) is 19.1 Å². The lowest BCUT2D eigenvalue weighted by atomic mass is 10.0. The molecule has 1 saturated heterocycles. The number of ether oxygens (including phenoxy) is 1. The van der Waals surface area contributed by atoms with Gasteiger partial charge in [0.2, 0.25) is 0 Å². The summed E-state index contributed by atoms with van der Waals surface area (Å²) in [6.45, 7) is 3.08. The van der Waals surface area contributed by atoms with E-state index in [-0.39, 0.29) is 29.6 Å². The van der Waals surface area contributed by atoms with E-state index in [1.54, 1.807) is 30.2 Å². The molecule has 1 fully saturated rings. The zero-order valence-corrected chi connectivity index (χ0v) is 16.1. The molecule has 1 aliphatic rings. The molecule has 0 bridgehead atoms. The number of nitrogens with zero attached hydrogens (tertiary/aromatic N) is 2. The lowest BCUT2D eigenvalue weighted by Crippen LogP contribution is -2.40. The zero-order valence-electron chi connectivity index (χ0n) is 16.1. The molecule has 0 unspecified atom stereocenters. The molecule has 0 atom stereocenters. The van der Waals surface area contributed by atoms with Crippen LogP contribution in [0.3, 0.4) is 0 Å². The molecule has 1 aliphatic heterocycles. The third-order valence-corrected chi connectivity index (χ3v) is 4.56. The molecule has 1 aromatic carbocycles. The van der Waals surface area contributed by atoms with E-state index in [4.69, 9.17) is 15.3 Å². The monoisotopic (exact) mass is 402 g/mol. The molecule has 0 saturated carbocycles. The fourth-order valence-electron chi connectivity index (χ4n) is 3.09. The molecule has 9 heteroatoms. The lowest BCUT2D eigenvalue weighted by Gasteiger charge is -2.30. The second-order valence-electron chi connectivity index (χ2n) is 6.56. The number of anilines is 2. The van der Waals surface area contributed by atoms with Crippen molar-refractivity contribution in [1.82, 2.24) is 10.0 Å². The van der Waals surface area contributed by atoms with Crippen LogP contribution in [0.15, 0.2) is 36.4 Å². The summed E-state index contributed by atoms with van der Waals surface area (Å²) in [6.07, 6.45) is 0.733. The van der Waals surface area contributed by atoms with E-state index in [2.05, 4.69) is 10.3 Å². The molecular formula is C20H23FN4O4. The van der Waals surface area contributed by atoms with Gasteiger partial charge >= 0.3 is 6.16 Å². The number of halogens is 1. The summed E-state index contributed by atoms with van der Waals surface area (Å²) >= 11 is 0. The van der Waals surface area contributed by atoms with Crippen molar-refractivity contribution < 1.29 is 23.6 Å². The Hall–Kier alpha value is -3.20. The van der Waals surface area contributed by atoms with Crippen molar-refractivity contribution in [1.29, 1.82) is 0 Å². The Morgan fingerprint density at radius 3 is 2.59 bits per heavy atom. The van der Waals surface area contributed by atoms with E-state index in [0.29, 0.717) is 18.9 Å². The normalized spacial score (nSPS) is 15.0. The number of piperidine rings is 1. The summed E-state index contributed by atoms with van der Waals surface area (Å²) < 4.78 is 18.6. The van der Waals surface area contributed by atoms with Crippen molar-refractivity contribution in [2.24, 2.45) is 0 Å². The maximum absolute atomic E-state index is 13.9. The number of rotatable bonds is 6. The molecule has 3 N–H and O–H groups in total. The van der Waals surface area contributed by atoms with Gasteiger partial charge in [-0.25, -0.2) is 14.2 Å². The van der Waals surface area contributed by atoms with Crippen LogP contribution in [0.2, 0.25) is 0 Å². The van der Waals surface area contributed by atoms with Crippen molar-refractivity contribution >= 4 is 23.6 Å². The molecule has 0 aliphatic carbocycles. The number of nitrogens with one attached hydrogen (secondary N) is 1. The van der Waals surface area contributed by atoms with Crippen molar-refractivity contribution in [3.05, 3.63) is 53.3 Å². The van der Waals surface area contributed by atoms with E-state index in [1.165, 1.54) is 18.2 Å². The van der Waals surface area contributed by atoms with Crippen molar-refractivity contribution in [3.8, 4) is 0 Å². The van der Waals surface area contributed by atoms with Crippen LogP contribution in [0.5, 0.6) is 0 Å². The molecule has 0 amide bonds. The average Bonchev–Trinajstić information content (AvgIpc) is 2.70. The van der Waals surface area contributed by atoms with Gasteiger partial charge in [-0.05, 0) is 44.0 Å². The van der Waals surface area contributed by atoms with E-state index in [1.807, 2.05) is 0 Å². The fourth-order valence-corrected chi connectivity index (χ4v) is 3.09. The highest BCUT2D eigenvalue weighted by molar-refractivity contribution is 6.11. The van der Waals surface area contributed by atoms with Gasteiger partial charge in [0.1, 0.15) is 17.5 Å². The molecule has 2 heterocycles. The first-order valence-corrected chi connectivity index (χ1v) is 9.40. The SMILES string of the molecule is CCOC(=O)ON1CCC(Nc2ccc(C(=O)c3ccccc3F)c(N)n2)CC1. The van der Waals surface area contributed by atoms with E-state index < -0.39 is 17.8 Å². The quantitative estimate of drug-likeness (QED) is 0.561. The zero-order chi connectivity index (χ0) is 20.8. The van der Waals surface area contributed by atoms with Gasteiger partial charge in [-0.2, -0.15) is 0 Å². The summed E-state index contributed by atoms with van der Waals surface area (Å²) in [6, 6.07) is 9.04. The summed E-state index contributed by atoms with van der Waals surface area (Å²) in [5.74, 6) is -0.552. The Morgan fingerprint density at radius 1 is 1.21 bits per heavy atom. The van der Waals surface area contributed by atoms with Crippen molar-refractivity contribution in [3.63, 3.8) is 0 Å². The molecule has 29 heavy (non-hydrogen) atoms. The van der Waals surface area contributed by atoms with E-state index >= 15 is 0 Å². The molecule has 1 aromatic heterocycles. The maximum atomic E-state index is 13.9. The minimum Gasteiger partial charge on any atom is -0.433 e. The Morgan fingerprint density at radius 2 is 1.93 bits per heavy atom. The first kappa shape index (κ1) is 20.5. The smallest absolute Gasteiger partial charge is 0.433 e. The van der Waals surface area contributed by atoms with Gasteiger partial charge in [0.25, 0.3) is 0 Å². The third-order valence-electron chi connectivity index (χ3n) is 4.56. The van der Waals surface area contributed by atoms with Crippen LogP contribution in [-0.2, 0) is 9.57 Å². The summed E-state index contributed by atoms with van der Waals surface area (Å²) in [5.41, 5.74) is 6.05. The fraction of sp³-hybridized carbons (Fsp3) is 0.350. The average molecular weight is 402 g/mol. The Balaban J connectivity index is 1.58. The first-order chi connectivity index (χ1) is 14.0. The van der Waals surface area contributed by atoms with Crippen LogP contribution >= 0.6 is 0 Å². The van der Waals surface area contributed by atoms with Crippen LogP contribution in [-0.4, -0.2) is 47.7 Å². The number of nitrogens with two attached hydrogens (primary N) is 1. The minimum atomic E-state index is -0.705. The number of aromatic nitrogens is 1. The number of ketones is 1. The Kier molecular flexibility index (Phi) is 6.61. The van der Waals surface area contributed by atoms with Crippen LogP contribution in [0.4, 0.5) is 20.8 Å². The molecule has 154 valence electrons. The topological polar surface area (TPSA) is 107 Å². The highest BCUT2D eigenvalue weighted by Gasteiger charge is 2.23.